The van der Waals surface area contributed by atoms with Gasteiger partial charge in [-0.3, -0.25) is 4.79 Å². The monoisotopic (exact) mass is 735 g/mol. The van der Waals surface area contributed by atoms with E-state index < -0.39 is 0 Å². The quantitative estimate of drug-likeness (QED) is 0.111. The Hall–Kier alpha value is -2.79. The van der Waals surface area contributed by atoms with Crippen LogP contribution in [-0.4, -0.2) is 15.9 Å². The Morgan fingerprint density at radius 3 is 2.27 bits per heavy atom. The molecule has 0 fully saturated rings. The van der Waals surface area contributed by atoms with E-state index in [1.54, 1.807) is 17.5 Å². The van der Waals surface area contributed by atoms with Gasteiger partial charge in [-0.15, -0.1) is 23.5 Å². The van der Waals surface area contributed by atoms with E-state index >= 15 is 0 Å². The third-order valence-electron chi connectivity index (χ3n) is 7.27. The minimum absolute atomic E-state index is 0. The Bertz CT molecular complexity index is 1430. The number of nitrogens with zero attached hydrogens (tertiary/aromatic N) is 1. The molecule has 2 aromatic heterocycles. The van der Waals surface area contributed by atoms with Gasteiger partial charge in [-0.25, -0.2) is 4.98 Å². The molecule has 0 aliphatic heterocycles. The summed E-state index contributed by atoms with van der Waals surface area (Å²) < 4.78 is 7.11. The van der Waals surface area contributed by atoms with Gasteiger partial charge in [-0.2, -0.15) is 17.2 Å². The number of thiophene rings is 1. The Balaban J connectivity index is 0.000000307. The van der Waals surface area contributed by atoms with Crippen LogP contribution in [0.1, 0.15) is 65.5 Å². The summed E-state index contributed by atoms with van der Waals surface area (Å²) in [6, 6.07) is 19.8. The molecule has 40 heavy (non-hydrogen) atoms. The van der Waals surface area contributed by atoms with Crippen molar-refractivity contribution in [3.05, 3.63) is 89.1 Å². The second-order valence-corrected chi connectivity index (χ2v) is 12.1. The number of rotatable bonds is 8. The third-order valence-corrected chi connectivity index (χ3v) is 8.25. The van der Waals surface area contributed by atoms with Crippen molar-refractivity contribution in [1.29, 1.82) is 0 Å². The first-order chi connectivity index (χ1) is 18.4. The average molecular weight is 735 g/mol. The SMILES string of the molecule is CCC(C)(C)C(=O)/C=C(\O)C(C)(C)CC.Cc1[c-]c(Oc2nccc3c(-c4ccccc4)csc23)cc(C)c1.[Ir]. The molecule has 1 radical (unpaired) electrons. The van der Waals surface area contributed by atoms with E-state index in [4.69, 9.17) is 4.74 Å². The summed E-state index contributed by atoms with van der Waals surface area (Å²) in [5.74, 6) is 1.55. The maximum absolute atomic E-state index is 11.8. The van der Waals surface area contributed by atoms with Crippen molar-refractivity contribution in [3.8, 4) is 22.8 Å². The minimum Gasteiger partial charge on any atom is -0.512 e. The Kier molecular flexibility index (Phi) is 11.9. The molecule has 0 bridgehead atoms. The number of ketones is 1. The van der Waals surface area contributed by atoms with Crippen LogP contribution >= 0.6 is 11.3 Å². The second-order valence-electron chi connectivity index (χ2n) is 11.2. The van der Waals surface area contributed by atoms with Crippen molar-refractivity contribution in [2.45, 2.75) is 68.2 Å². The fourth-order valence-corrected chi connectivity index (χ4v) is 4.74. The zero-order chi connectivity index (χ0) is 28.8. The Morgan fingerprint density at radius 2 is 1.68 bits per heavy atom. The van der Waals surface area contributed by atoms with Gasteiger partial charge in [0.05, 0.1) is 4.70 Å². The van der Waals surface area contributed by atoms with Gasteiger partial charge in [0, 0.05) is 65.3 Å². The van der Waals surface area contributed by atoms with E-state index in [1.165, 1.54) is 22.6 Å². The number of aromatic nitrogens is 1. The largest absolute Gasteiger partial charge is 0.512 e. The number of pyridine rings is 1. The van der Waals surface area contributed by atoms with Crippen LogP contribution in [0, 0.1) is 30.7 Å². The van der Waals surface area contributed by atoms with Crippen LogP contribution in [-0.2, 0) is 24.9 Å². The first-order valence-corrected chi connectivity index (χ1v) is 14.3. The van der Waals surface area contributed by atoms with Gasteiger partial charge < -0.3 is 9.84 Å². The molecule has 4 aromatic rings. The van der Waals surface area contributed by atoms with Crippen molar-refractivity contribution >= 4 is 27.2 Å². The van der Waals surface area contributed by atoms with Gasteiger partial charge >= 0.3 is 0 Å². The maximum Gasteiger partial charge on any atom is 0.235 e. The fourth-order valence-electron chi connectivity index (χ4n) is 3.74. The second kappa shape index (κ2) is 14.2. The van der Waals surface area contributed by atoms with Crippen molar-refractivity contribution < 1.29 is 34.7 Å². The molecular formula is C34H40IrNO3S-. The van der Waals surface area contributed by atoms with Crippen LogP contribution < -0.4 is 4.74 Å². The van der Waals surface area contributed by atoms with Crippen LogP contribution in [0.25, 0.3) is 21.2 Å². The van der Waals surface area contributed by atoms with Crippen LogP contribution in [0.5, 0.6) is 11.6 Å². The first-order valence-electron chi connectivity index (χ1n) is 13.4. The van der Waals surface area contributed by atoms with Gasteiger partial charge in [0.15, 0.2) is 5.78 Å². The number of carbonyl (C=O) groups excluding carboxylic acids is 1. The molecule has 0 spiro atoms. The molecule has 4 nitrogen and oxygen atoms in total. The van der Waals surface area contributed by atoms with E-state index in [-0.39, 0.29) is 42.5 Å². The summed E-state index contributed by atoms with van der Waals surface area (Å²) >= 11 is 1.66. The molecule has 0 aliphatic rings. The van der Waals surface area contributed by atoms with E-state index in [0.717, 1.165) is 28.7 Å². The standard InChI is InChI=1S/C21H16NOS.C13H24O2.Ir/c1-14-10-15(2)12-17(11-14)23-21-20-18(8-9-22-21)19(13-24-20)16-6-4-3-5-7-16;1-7-12(3,4)10(14)9-11(15)13(5,6)8-2;/h3-11,13H,1-2H3;9,14H,7-8H2,1-6H3;/q-1;;/b;10-9-;. The average Bonchev–Trinajstić information content (AvgIpc) is 3.34. The number of ether oxygens (including phenoxy) is 1. The zero-order valence-electron chi connectivity index (χ0n) is 24.7. The van der Waals surface area contributed by atoms with Crippen LogP contribution in [0.15, 0.2) is 71.9 Å². The summed E-state index contributed by atoms with van der Waals surface area (Å²) in [6.45, 7) is 15.7. The smallest absolute Gasteiger partial charge is 0.235 e. The molecular weight excluding hydrogens is 695 g/mol. The minimum atomic E-state index is -0.377. The maximum atomic E-state index is 11.8. The molecule has 0 atom stereocenters. The summed E-state index contributed by atoms with van der Waals surface area (Å²) in [7, 11) is 0. The molecule has 6 heteroatoms. The molecule has 0 unspecified atom stereocenters. The zero-order valence-corrected chi connectivity index (χ0v) is 27.9. The van der Waals surface area contributed by atoms with Crippen molar-refractivity contribution in [3.63, 3.8) is 0 Å². The van der Waals surface area contributed by atoms with Crippen molar-refractivity contribution in [2.75, 3.05) is 0 Å². The molecule has 0 amide bonds. The van der Waals surface area contributed by atoms with Crippen molar-refractivity contribution in [1.82, 2.24) is 4.98 Å². The topological polar surface area (TPSA) is 59.4 Å². The molecule has 1 N–H and O–H groups in total. The summed E-state index contributed by atoms with van der Waals surface area (Å²) in [6.07, 6.45) is 4.80. The van der Waals surface area contributed by atoms with Gasteiger partial charge in [0.2, 0.25) is 5.88 Å². The Labute approximate surface area is 256 Å². The van der Waals surface area contributed by atoms with E-state index in [0.29, 0.717) is 11.6 Å². The molecule has 0 aliphatic carbocycles. The first kappa shape index (κ1) is 33.4. The number of aliphatic hydroxyl groups excluding tert-OH is 1. The van der Waals surface area contributed by atoms with E-state index in [1.807, 2.05) is 66.7 Å². The normalized spacial score (nSPS) is 11.8. The summed E-state index contributed by atoms with van der Waals surface area (Å²) in [5, 5.41) is 13.2. The molecule has 2 aromatic carbocycles. The molecule has 0 saturated heterocycles. The van der Waals surface area contributed by atoms with Crippen LogP contribution in [0.3, 0.4) is 0 Å². The predicted molar refractivity (Wildman–Crippen MR) is 164 cm³/mol. The number of aryl methyl sites for hydroxylation is 2. The number of aliphatic hydroxyl groups is 1. The van der Waals surface area contributed by atoms with Gasteiger partial charge in [-0.05, 0) is 24.5 Å². The molecule has 4 rings (SSSR count). The van der Waals surface area contributed by atoms with Gasteiger partial charge in [0.1, 0.15) is 5.76 Å². The summed E-state index contributed by atoms with van der Waals surface area (Å²) in [4.78, 5) is 16.3. The molecule has 0 saturated carbocycles. The molecule has 2 heterocycles. The van der Waals surface area contributed by atoms with E-state index in [9.17, 15) is 9.90 Å². The predicted octanol–water partition coefficient (Wildman–Crippen LogP) is 10.0. The Morgan fingerprint density at radius 1 is 1.02 bits per heavy atom. The van der Waals surface area contributed by atoms with E-state index in [2.05, 4.69) is 53.7 Å². The fraction of sp³-hybridized carbons (Fsp3) is 0.353. The number of carbonyl (C=O) groups is 1. The third kappa shape index (κ3) is 8.36. The number of allylic oxidation sites excluding steroid dienone is 2. The number of fused-ring (bicyclic) bond motifs is 1. The van der Waals surface area contributed by atoms with Gasteiger partial charge in [0.25, 0.3) is 0 Å². The van der Waals surface area contributed by atoms with Crippen molar-refractivity contribution in [2.24, 2.45) is 10.8 Å². The van der Waals surface area contributed by atoms with Crippen LogP contribution in [0.2, 0.25) is 0 Å². The summed E-state index contributed by atoms with van der Waals surface area (Å²) in [5.41, 5.74) is 3.96. The van der Waals surface area contributed by atoms with Crippen LogP contribution in [0.4, 0.5) is 0 Å². The number of hydrogen-bond acceptors (Lipinski definition) is 5. The van der Waals surface area contributed by atoms with Gasteiger partial charge in [-0.1, -0.05) is 85.7 Å². The number of hydrogen-bond donors (Lipinski definition) is 1. The molecule has 215 valence electrons. The number of benzene rings is 2.